The van der Waals surface area contributed by atoms with Crippen molar-refractivity contribution in [1.29, 1.82) is 0 Å². The summed E-state index contributed by atoms with van der Waals surface area (Å²) in [6.45, 7) is 21.7. The van der Waals surface area contributed by atoms with Crippen molar-refractivity contribution in [1.82, 2.24) is 5.32 Å². The molecule has 0 saturated heterocycles. The maximum atomic E-state index is 12.9. The Morgan fingerprint density at radius 2 is 1.67 bits per heavy atom. The fourth-order valence-corrected chi connectivity index (χ4v) is 8.43. The van der Waals surface area contributed by atoms with Gasteiger partial charge in [-0.05, 0) is 94.7 Å². The van der Waals surface area contributed by atoms with E-state index < -0.39 is 16.6 Å². The molecule has 0 aromatic rings. The normalized spacial score (nSPS) is 27.7. The molecular formula is C31H57NO5Si2. The van der Waals surface area contributed by atoms with Crippen LogP contribution < -0.4 is 5.32 Å². The molecule has 0 radical (unpaired) electrons. The summed E-state index contributed by atoms with van der Waals surface area (Å²) in [6.07, 6.45) is 11.4. The standard InChI is InChI=1S/C31H57NO5Si2/c1-12-22(3)31(34)35-28-18-21(2)17-24-14-13-23(4)27(30(24)28)16-15-25(36-38(6,7)8)19-26(20-29(33)32-5)37-39(9,10)11/h13-14,17,21-23,25-28,30H,12,15-16,18-20H2,1-11H3,(H,32,33). The minimum atomic E-state index is -1.85. The van der Waals surface area contributed by atoms with Gasteiger partial charge in [-0.3, -0.25) is 9.59 Å². The third-order valence-corrected chi connectivity index (χ3v) is 10.0. The molecule has 0 aromatic heterocycles. The minimum absolute atomic E-state index is 0.00751. The van der Waals surface area contributed by atoms with E-state index in [0.29, 0.717) is 24.2 Å². The van der Waals surface area contributed by atoms with Crippen LogP contribution in [0.5, 0.6) is 0 Å². The molecule has 6 nitrogen and oxygen atoms in total. The number of rotatable bonds is 14. The number of esters is 1. The van der Waals surface area contributed by atoms with E-state index in [1.807, 2.05) is 13.8 Å². The predicted molar refractivity (Wildman–Crippen MR) is 165 cm³/mol. The number of amides is 1. The molecule has 2 aliphatic carbocycles. The lowest BCUT2D eigenvalue weighted by atomic mass is 9.65. The van der Waals surface area contributed by atoms with Crippen LogP contribution in [-0.4, -0.2) is 53.9 Å². The van der Waals surface area contributed by atoms with Gasteiger partial charge in [0.1, 0.15) is 6.10 Å². The number of allylic oxidation sites excluding steroid dienone is 3. The Kier molecular flexibility index (Phi) is 12.7. The zero-order valence-electron chi connectivity index (χ0n) is 26.6. The molecule has 0 bridgehead atoms. The van der Waals surface area contributed by atoms with Gasteiger partial charge in [-0.25, -0.2) is 0 Å². The summed E-state index contributed by atoms with van der Waals surface area (Å²) in [6, 6.07) is 0. The molecule has 0 aliphatic heterocycles. The molecule has 1 N–H and O–H groups in total. The fourth-order valence-electron chi connectivity index (χ4n) is 6.03. The number of carbonyl (C=O) groups excluding carboxylic acids is 2. The summed E-state index contributed by atoms with van der Waals surface area (Å²) < 4.78 is 19.5. The van der Waals surface area contributed by atoms with Gasteiger partial charge in [0.2, 0.25) is 5.91 Å². The zero-order chi connectivity index (χ0) is 29.5. The monoisotopic (exact) mass is 579 g/mol. The average Bonchev–Trinajstić information content (AvgIpc) is 2.80. The van der Waals surface area contributed by atoms with Crippen molar-refractivity contribution >= 4 is 28.5 Å². The molecule has 0 fully saturated rings. The molecule has 8 atom stereocenters. The van der Waals surface area contributed by atoms with Crippen LogP contribution in [0.15, 0.2) is 23.8 Å². The van der Waals surface area contributed by atoms with Gasteiger partial charge in [-0.15, -0.1) is 0 Å². The van der Waals surface area contributed by atoms with Crippen molar-refractivity contribution in [3.63, 3.8) is 0 Å². The zero-order valence-corrected chi connectivity index (χ0v) is 28.6. The summed E-state index contributed by atoms with van der Waals surface area (Å²) in [5.74, 6) is 1.20. The molecule has 1 amide bonds. The van der Waals surface area contributed by atoms with E-state index >= 15 is 0 Å². The first-order valence-electron chi connectivity index (χ1n) is 15.2. The van der Waals surface area contributed by atoms with Crippen LogP contribution in [0.4, 0.5) is 0 Å². The Morgan fingerprint density at radius 3 is 2.23 bits per heavy atom. The van der Waals surface area contributed by atoms with E-state index in [2.05, 4.69) is 76.7 Å². The lowest BCUT2D eigenvalue weighted by Crippen LogP contribution is -2.43. The maximum Gasteiger partial charge on any atom is 0.308 e. The summed E-state index contributed by atoms with van der Waals surface area (Å²) in [4.78, 5) is 25.2. The highest BCUT2D eigenvalue weighted by Crippen LogP contribution is 2.45. The summed E-state index contributed by atoms with van der Waals surface area (Å²) >= 11 is 0. The van der Waals surface area contributed by atoms with E-state index in [4.69, 9.17) is 13.6 Å². The summed E-state index contributed by atoms with van der Waals surface area (Å²) in [5.41, 5.74) is 1.32. The SMILES string of the molecule is CCC(C)C(=O)OC1CC(C)C=C2C=CC(C)C(CCC(CC(CC(=O)NC)O[Si](C)(C)C)O[Si](C)(C)C)C21. The second-order valence-corrected chi connectivity index (χ2v) is 22.9. The van der Waals surface area contributed by atoms with Gasteiger partial charge < -0.3 is 18.9 Å². The number of carbonyl (C=O) groups is 2. The largest absolute Gasteiger partial charge is 0.461 e. The Labute approximate surface area is 241 Å². The van der Waals surface area contributed by atoms with Crippen molar-refractivity contribution in [2.75, 3.05) is 7.05 Å². The molecule has 0 spiro atoms. The van der Waals surface area contributed by atoms with E-state index in [1.54, 1.807) is 7.05 Å². The van der Waals surface area contributed by atoms with Crippen molar-refractivity contribution in [3.05, 3.63) is 23.8 Å². The van der Waals surface area contributed by atoms with Gasteiger partial charge in [-0.2, -0.15) is 0 Å². The number of hydrogen-bond donors (Lipinski definition) is 1. The Bertz CT molecular complexity index is 875. The molecule has 2 rings (SSSR count). The molecular weight excluding hydrogens is 523 g/mol. The van der Waals surface area contributed by atoms with Crippen LogP contribution in [0.25, 0.3) is 0 Å². The first-order valence-corrected chi connectivity index (χ1v) is 22.0. The van der Waals surface area contributed by atoms with Gasteiger partial charge in [-0.1, -0.05) is 45.9 Å². The van der Waals surface area contributed by atoms with Gasteiger partial charge in [0.05, 0.1) is 18.4 Å². The Balaban J connectivity index is 2.28. The average molecular weight is 580 g/mol. The molecule has 0 heterocycles. The van der Waals surface area contributed by atoms with E-state index in [1.165, 1.54) is 5.57 Å². The maximum absolute atomic E-state index is 12.9. The molecule has 2 aliphatic rings. The highest BCUT2D eigenvalue weighted by molar-refractivity contribution is 6.70. The Morgan fingerprint density at radius 1 is 1.05 bits per heavy atom. The van der Waals surface area contributed by atoms with Gasteiger partial charge in [0.15, 0.2) is 16.6 Å². The van der Waals surface area contributed by atoms with Crippen molar-refractivity contribution in [3.8, 4) is 0 Å². The van der Waals surface area contributed by atoms with Crippen LogP contribution in [-0.2, 0) is 23.2 Å². The van der Waals surface area contributed by atoms with Crippen LogP contribution in [0.3, 0.4) is 0 Å². The predicted octanol–water partition coefficient (Wildman–Crippen LogP) is 7.10. The molecule has 0 aromatic carbocycles. The van der Waals surface area contributed by atoms with Crippen LogP contribution in [0, 0.1) is 29.6 Å². The second kappa shape index (κ2) is 14.6. The molecule has 39 heavy (non-hydrogen) atoms. The van der Waals surface area contributed by atoms with Crippen LogP contribution in [0.2, 0.25) is 39.3 Å². The summed E-state index contributed by atoms with van der Waals surface area (Å²) in [7, 11) is -2.00. The molecule has 0 saturated carbocycles. The van der Waals surface area contributed by atoms with Crippen molar-refractivity contribution in [2.45, 2.75) is 124 Å². The highest BCUT2D eigenvalue weighted by Gasteiger charge is 2.42. The topological polar surface area (TPSA) is 73.9 Å². The number of hydrogen-bond acceptors (Lipinski definition) is 5. The third kappa shape index (κ3) is 11.3. The smallest absolute Gasteiger partial charge is 0.308 e. The van der Waals surface area contributed by atoms with Crippen LogP contribution >= 0.6 is 0 Å². The summed E-state index contributed by atoms with van der Waals surface area (Å²) in [5, 5.41) is 2.77. The molecule has 8 heteroatoms. The lowest BCUT2D eigenvalue weighted by molar-refractivity contribution is -0.158. The lowest BCUT2D eigenvalue weighted by Gasteiger charge is -2.43. The van der Waals surface area contributed by atoms with E-state index in [-0.39, 0.29) is 42.0 Å². The first-order chi connectivity index (χ1) is 18.0. The highest BCUT2D eigenvalue weighted by atomic mass is 28.4. The van der Waals surface area contributed by atoms with Gasteiger partial charge in [0.25, 0.3) is 0 Å². The number of ether oxygens (including phenoxy) is 1. The van der Waals surface area contributed by atoms with Gasteiger partial charge >= 0.3 is 5.97 Å². The molecule has 224 valence electrons. The van der Waals surface area contributed by atoms with Crippen molar-refractivity contribution < 1.29 is 23.2 Å². The van der Waals surface area contributed by atoms with Crippen LogP contribution in [0.1, 0.15) is 66.2 Å². The van der Waals surface area contributed by atoms with E-state index in [9.17, 15) is 9.59 Å². The fraction of sp³-hybridized carbons (Fsp3) is 0.806. The first kappa shape index (κ1) is 34.0. The van der Waals surface area contributed by atoms with Crippen molar-refractivity contribution in [2.24, 2.45) is 29.6 Å². The second-order valence-electron chi connectivity index (χ2n) is 14.0. The number of nitrogens with one attached hydrogen (secondary N) is 1. The van der Waals surface area contributed by atoms with Gasteiger partial charge in [0, 0.05) is 19.1 Å². The number of fused-ring (bicyclic) bond motifs is 1. The minimum Gasteiger partial charge on any atom is -0.461 e. The molecule has 8 unspecified atom stereocenters. The Hall–Kier alpha value is -1.23. The third-order valence-electron chi connectivity index (χ3n) is 7.96. The van der Waals surface area contributed by atoms with E-state index in [0.717, 1.165) is 32.1 Å². The quantitative estimate of drug-likeness (QED) is 0.176.